The molecule has 2 heterocycles. The van der Waals surface area contributed by atoms with Crippen LogP contribution in [0.4, 0.5) is 0 Å². The van der Waals surface area contributed by atoms with Gasteiger partial charge in [-0.15, -0.1) is 0 Å². The Morgan fingerprint density at radius 2 is 2.14 bits per heavy atom. The molecule has 0 aliphatic rings. The molecule has 0 aliphatic heterocycles. The maximum atomic E-state index is 5.26. The van der Waals surface area contributed by atoms with Crippen molar-refractivity contribution in [2.45, 2.75) is 13.0 Å². The van der Waals surface area contributed by atoms with E-state index in [4.69, 9.17) is 4.74 Å². The third kappa shape index (κ3) is 3.46. The van der Waals surface area contributed by atoms with Crippen LogP contribution in [0.3, 0.4) is 0 Å². The number of rotatable bonds is 7. The van der Waals surface area contributed by atoms with Crippen molar-refractivity contribution in [3.05, 3.63) is 52.9 Å². The van der Waals surface area contributed by atoms with Gasteiger partial charge < -0.3 is 14.6 Å². The van der Waals surface area contributed by atoms with Gasteiger partial charge in [-0.3, -0.25) is 0 Å². The molecule has 0 aliphatic carbocycles. The molecule has 0 spiro atoms. The van der Waals surface area contributed by atoms with E-state index in [1.165, 1.54) is 16.5 Å². The molecule has 3 aromatic rings. The van der Waals surface area contributed by atoms with Gasteiger partial charge >= 0.3 is 0 Å². The molecule has 4 heteroatoms. The number of methoxy groups -OCH3 is 1. The summed E-state index contributed by atoms with van der Waals surface area (Å²) in [4.78, 5) is 0. The predicted molar refractivity (Wildman–Crippen MR) is 89.4 cm³/mol. The fourth-order valence-corrected chi connectivity index (χ4v) is 3.20. The quantitative estimate of drug-likeness (QED) is 0.675. The predicted octanol–water partition coefficient (Wildman–Crippen LogP) is 3.54. The molecule has 0 bridgehead atoms. The van der Waals surface area contributed by atoms with E-state index in [1.54, 1.807) is 18.4 Å². The van der Waals surface area contributed by atoms with E-state index in [0.29, 0.717) is 0 Å². The van der Waals surface area contributed by atoms with Crippen molar-refractivity contribution < 1.29 is 4.74 Å². The third-order valence-corrected chi connectivity index (χ3v) is 4.41. The van der Waals surface area contributed by atoms with Gasteiger partial charge in [0.25, 0.3) is 0 Å². The number of thiophene rings is 1. The SMILES string of the molecule is COc1ccc2c(ccn2CCNCCc2ccsc2)c1. The van der Waals surface area contributed by atoms with Crippen LogP contribution in [-0.4, -0.2) is 24.8 Å². The first-order valence-electron chi connectivity index (χ1n) is 7.21. The van der Waals surface area contributed by atoms with Crippen LogP contribution in [0.2, 0.25) is 0 Å². The van der Waals surface area contributed by atoms with Crippen LogP contribution in [0.5, 0.6) is 5.75 Å². The van der Waals surface area contributed by atoms with Crippen molar-refractivity contribution in [1.82, 2.24) is 9.88 Å². The molecular formula is C17H20N2OS. The molecule has 21 heavy (non-hydrogen) atoms. The number of hydrogen-bond donors (Lipinski definition) is 1. The zero-order chi connectivity index (χ0) is 14.5. The lowest BCUT2D eigenvalue weighted by atomic mass is 10.2. The average Bonchev–Trinajstić information content (AvgIpc) is 3.16. The van der Waals surface area contributed by atoms with Gasteiger partial charge in [-0.2, -0.15) is 11.3 Å². The second-order valence-corrected chi connectivity index (χ2v) is 5.85. The second kappa shape index (κ2) is 6.78. The Labute approximate surface area is 129 Å². The third-order valence-electron chi connectivity index (χ3n) is 3.68. The smallest absolute Gasteiger partial charge is 0.119 e. The number of aromatic nitrogens is 1. The van der Waals surface area contributed by atoms with Crippen LogP contribution >= 0.6 is 11.3 Å². The van der Waals surface area contributed by atoms with Crippen molar-refractivity contribution in [3.63, 3.8) is 0 Å². The molecule has 1 N–H and O–H groups in total. The molecule has 1 aromatic carbocycles. The second-order valence-electron chi connectivity index (χ2n) is 5.07. The Morgan fingerprint density at radius 1 is 1.19 bits per heavy atom. The van der Waals surface area contributed by atoms with Crippen molar-refractivity contribution >= 4 is 22.2 Å². The first-order valence-corrected chi connectivity index (χ1v) is 8.16. The maximum Gasteiger partial charge on any atom is 0.119 e. The molecule has 3 rings (SSSR count). The summed E-state index contributed by atoms with van der Waals surface area (Å²) in [6, 6.07) is 10.6. The summed E-state index contributed by atoms with van der Waals surface area (Å²) in [5, 5.41) is 9.09. The molecule has 3 nitrogen and oxygen atoms in total. The Balaban J connectivity index is 1.51. The van der Waals surface area contributed by atoms with Crippen LogP contribution in [-0.2, 0) is 13.0 Å². The van der Waals surface area contributed by atoms with Crippen LogP contribution < -0.4 is 10.1 Å². The lowest BCUT2D eigenvalue weighted by molar-refractivity contribution is 0.415. The van der Waals surface area contributed by atoms with Gasteiger partial charge in [0.1, 0.15) is 5.75 Å². The van der Waals surface area contributed by atoms with E-state index >= 15 is 0 Å². The Morgan fingerprint density at radius 3 is 2.95 bits per heavy atom. The van der Waals surface area contributed by atoms with E-state index in [9.17, 15) is 0 Å². The zero-order valence-electron chi connectivity index (χ0n) is 12.2. The Bertz CT molecular complexity index is 688. The minimum absolute atomic E-state index is 0.911. The fraction of sp³-hybridized carbons (Fsp3) is 0.294. The Hall–Kier alpha value is -1.78. The van der Waals surface area contributed by atoms with Gasteiger partial charge in [-0.1, -0.05) is 0 Å². The highest BCUT2D eigenvalue weighted by atomic mass is 32.1. The fourth-order valence-electron chi connectivity index (χ4n) is 2.49. The highest BCUT2D eigenvalue weighted by Gasteiger charge is 2.02. The number of hydrogen-bond acceptors (Lipinski definition) is 3. The highest BCUT2D eigenvalue weighted by Crippen LogP contribution is 2.21. The highest BCUT2D eigenvalue weighted by molar-refractivity contribution is 7.07. The van der Waals surface area contributed by atoms with Gasteiger partial charge in [0.2, 0.25) is 0 Å². The average molecular weight is 300 g/mol. The first-order chi connectivity index (χ1) is 10.4. The van der Waals surface area contributed by atoms with Crippen molar-refractivity contribution in [3.8, 4) is 5.75 Å². The number of nitrogens with zero attached hydrogens (tertiary/aromatic N) is 1. The molecular weight excluding hydrogens is 280 g/mol. The van der Waals surface area contributed by atoms with Crippen molar-refractivity contribution in [1.29, 1.82) is 0 Å². The minimum atomic E-state index is 0.911. The largest absolute Gasteiger partial charge is 0.497 e. The minimum Gasteiger partial charge on any atom is -0.497 e. The molecule has 0 fully saturated rings. The van der Waals surface area contributed by atoms with E-state index in [2.05, 4.69) is 51.1 Å². The van der Waals surface area contributed by atoms with Crippen molar-refractivity contribution in [2.24, 2.45) is 0 Å². The summed E-state index contributed by atoms with van der Waals surface area (Å²) in [5.41, 5.74) is 2.68. The van der Waals surface area contributed by atoms with Gasteiger partial charge in [0.15, 0.2) is 0 Å². The van der Waals surface area contributed by atoms with Gasteiger partial charge in [-0.05, 0) is 59.6 Å². The molecule has 0 amide bonds. The van der Waals surface area contributed by atoms with E-state index < -0.39 is 0 Å². The summed E-state index contributed by atoms with van der Waals surface area (Å²) in [5.74, 6) is 0.911. The number of benzene rings is 1. The van der Waals surface area contributed by atoms with Crippen LogP contribution in [0, 0.1) is 0 Å². The van der Waals surface area contributed by atoms with Crippen LogP contribution in [0.1, 0.15) is 5.56 Å². The molecule has 0 atom stereocenters. The van der Waals surface area contributed by atoms with Gasteiger partial charge in [0, 0.05) is 30.2 Å². The van der Waals surface area contributed by atoms with Crippen LogP contribution in [0.25, 0.3) is 10.9 Å². The topological polar surface area (TPSA) is 26.2 Å². The number of ether oxygens (including phenoxy) is 1. The van der Waals surface area contributed by atoms with Crippen molar-refractivity contribution in [2.75, 3.05) is 20.2 Å². The van der Waals surface area contributed by atoms with Gasteiger partial charge in [-0.25, -0.2) is 0 Å². The summed E-state index contributed by atoms with van der Waals surface area (Å²) < 4.78 is 7.54. The summed E-state index contributed by atoms with van der Waals surface area (Å²) in [6.07, 6.45) is 3.25. The molecule has 2 aromatic heterocycles. The lowest BCUT2D eigenvalue weighted by Crippen LogP contribution is -2.22. The molecule has 0 unspecified atom stereocenters. The molecule has 110 valence electrons. The molecule has 0 radical (unpaired) electrons. The number of fused-ring (bicyclic) bond motifs is 1. The standard InChI is InChI=1S/C17H20N2OS/c1-20-16-2-3-17-15(12-16)5-9-19(17)10-8-18-7-4-14-6-11-21-13-14/h2-3,5-6,9,11-13,18H,4,7-8,10H2,1H3. The van der Waals surface area contributed by atoms with Gasteiger partial charge in [0.05, 0.1) is 7.11 Å². The monoisotopic (exact) mass is 300 g/mol. The molecule has 0 saturated heterocycles. The summed E-state index contributed by atoms with van der Waals surface area (Å²) in [7, 11) is 1.70. The zero-order valence-corrected chi connectivity index (χ0v) is 13.0. The normalized spacial score (nSPS) is 11.1. The Kier molecular flexibility index (Phi) is 4.58. The van der Waals surface area contributed by atoms with E-state index in [0.717, 1.165) is 31.8 Å². The first kappa shape index (κ1) is 14.2. The lowest BCUT2D eigenvalue weighted by Gasteiger charge is -2.07. The molecule has 0 saturated carbocycles. The van der Waals surface area contributed by atoms with E-state index in [1.807, 2.05) is 6.07 Å². The summed E-state index contributed by atoms with van der Waals surface area (Å²) in [6.45, 7) is 3.00. The van der Waals surface area contributed by atoms with Crippen LogP contribution in [0.15, 0.2) is 47.3 Å². The number of nitrogens with one attached hydrogen (secondary N) is 1. The maximum absolute atomic E-state index is 5.26. The van der Waals surface area contributed by atoms with E-state index in [-0.39, 0.29) is 0 Å². The summed E-state index contributed by atoms with van der Waals surface area (Å²) >= 11 is 1.76.